The third-order valence-corrected chi connectivity index (χ3v) is 3.44. The topological polar surface area (TPSA) is 111 Å². The zero-order valence-corrected chi connectivity index (χ0v) is 17.9. The maximum absolute atomic E-state index is 7.92. The van der Waals surface area contributed by atoms with E-state index in [0.29, 0.717) is 16.4 Å². The Labute approximate surface area is 188 Å². The molecule has 0 aliphatic heterocycles. The summed E-state index contributed by atoms with van der Waals surface area (Å²) < 4.78 is 5.08. The molecule has 0 spiro atoms. The first-order chi connectivity index (χ1) is 13.2. The van der Waals surface area contributed by atoms with Crippen LogP contribution in [0.15, 0.2) is 84.2 Å². The van der Waals surface area contributed by atoms with Crippen molar-refractivity contribution in [1.29, 1.82) is 0 Å². The van der Waals surface area contributed by atoms with Gasteiger partial charge >= 0.3 is 26.2 Å². The molecule has 0 unspecified atom stereocenters. The van der Waals surface area contributed by atoms with E-state index in [9.17, 15) is 0 Å². The smallest absolute Gasteiger partial charge is 0.870 e. The number of nitrogens with one attached hydrogen (secondary N) is 2. The molecule has 0 bridgehead atoms. The summed E-state index contributed by atoms with van der Waals surface area (Å²) in [6.45, 7) is 0. The number of anilines is 1. The summed E-state index contributed by atoms with van der Waals surface area (Å²) in [7, 11) is 1.53. The summed E-state index contributed by atoms with van der Waals surface area (Å²) in [5.74, 6) is 0.788. The number of thiocarbonyl (C=S) groups is 1. The average molecular weight is 505 g/mol. The number of rotatable bonds is 4. The monoisotopic (exact) mass is 504 g/mol. The predicted octanol–water partition coefficient (Wildman–Crippen LogP) is 3.36. The van der Waals surface area contributed by atoms with Crippen LogP contribution in [0.4, 0.5) is 5.69 Å². The molecule has 0 fully saturated rings. The number of para-hydroxylation sites is 2. The van der Waals surface area contributed by atoms with Gasteiger partial charge in [0, 0.05) is 18.1 Å². The molecule has 0 atom stereocenters. The van der Waals surface area contributed by atoms with Crippen molar-refractivity contribution in [2.45, 2.75) is 0 Å². The number of methoxy groups -OCH3 is 1. The SMILES string of the molecule is COc1cccc(C=NNC(=S)Nc2ccccc2)c1[OH2+].[OH-].[Pd+2].c1ccncc1. The Morgan fingerprint density at radius 2 is 1.69 bits per heavy atom. The minimum absolute atomic E-state index is 0. The second-order valence-corrected chi connectivity index (χ2v) is 5.55. The number of pyridine rings is 1. The van der Waals surface area contributed by atoms with Crippen LogP contribution in [-0.4, -0.2) is 34.0 Å². The Balaban J connectivity index is 0.000000843. The van der Waals surface area contributed by atoms with Crippen molar-refractivity contribution in [2.24, 2.45) is 5.10 Å². The van der Waals surface area contributed by atoms with Crippen molar-refractivity contribution >= 4 is 29.2 Å². The molecule has 29 heavy (non-hydrogen) atoms. The minimum Gasteiger partial charge on any atom is -0.870 e. The Kier molecular flexibility index (Phi) is 13.7. The van der Waals surface area contributed by atoms with Crippen LogP contribution < -0.4 is 15.5 Å². The van der Waals surface area contributed by atoms with Crippen molar-refractivity contribution in [2.75, 3.05) is 12.4 Å². The summed E-state index contributed by atoms with van der Waals surface area (Å²) in [5, 5.41) is 15.3. The minimum atomic E-state index is 0. The third-order valence-electron chi connectivity index (χ3n) is 3.25. The van der Waals surface area contributed by atoms with Gasteiger partial charge in [0.2, 0.25) is 5.75 Å². The summed E-state index contributed by atoms with van der Waals surface area (Å²) in [6.07, 6.45) is 5.03. The van der Waals surface area contributed by atoms with Gasteiger partial charge in [-0.25, -0.2) is 0 Å². The van der Waals surface area contributed by atoms with Crippen molar-refractivity contribution < 1.29 is 35.7 Å². The second kappa shape index (κ2) is 15.1. The van der Waals surface area contributed by atoms with Gasteiger partial charge in [0.05, 0.1) is 18.9 Å². The van der Waals surface area contributed by atoms with Crippen LogP contribution >= 0.6 is 12.2 Å². The van der Waals surface area contributed by atoms with Gasteiger partial charge in [-0.15, -0.1) is 0 Å². The Bertz CT molecular complexity index is 841. The van der Waals surface area contributed by atoms with E-state index in [1.165, 1.54) is 13.3 Å². The number of ether oxygens (including phenoxy) is 1. The van der Waals surface area contributed by atoms with Gasteiger partial charge in [-0.05, 0) is 48.6 Å². The number of aromatic nitrogens is 1. The first-order valence-corrected chi connectivity index (χ1v) is 8.50. The van der Waals surface area contributed by atoms with Gasteiger partial charge < -0.3 is 20.6 Å². The normalized spacial score (nSPS) is 9.14. The summed E-state index contributed by atoms with van der Waals surface area (Å²) >= 11 is 5.13. The van der Waals surface area contributed by atoms with E-state index < -0.39 is 0 Å². The molecule has 0 radical (unpaired) electrons. The van der Waals surface area contributed by atoms with E-state index >= 15 is 0 Å². The maximum Gasteiger partial charge on any atom is 2.00 e. The van der Waals surface area contributed by atoms with Crippen LogP contribution in [-0.2, 0) is 20.4 Å². The molecule has 0 saturated carbocycles. The predicted molar refractivity (Wildman–Crippen MR) is 116 cm³/mol. The summed E-state index contributed by atoms with van der Waals surface area (Å²) in [4.78, 5) is 3.78. The molecule has 0 saturated heterocycles. The molecular weight excluding hydrogens is 483 g/mol. The van der Waals surface area contributed by atoms with Crippen molar-refractivity contribution in [1.82, 2.24) is 10.4 Å². The van der Waals surface area contributed by atoms with Gasteiger partial charge in [-0.2, -0.15) is 5.10 Å². The zero-order chi connectivity index (χ0) is 19.3. The molecule has 5 N–H and O–H groups in total. The molecule has 7 nitrogen and oxygen atoms in total. The van der Waals surface area contributed by atoms with Gasteiger partial charge in [0.1, 0.15) is 0 Å². The summed E-state index contributed by atoms with van der Waals surface area (Å²) in [6, 6.07) is 20.6. The van der Waals surface area contributed by atoms with E-state index in [-0.39, 0.29) is 31.6 Å². The van der Waals surface area contributed by atoms with Gasteiger partial charge in [-0.3, -0.25) is 10.4 Å². The standard InChI is InChI=1S/C15H15N3O2S.C5H5N.H2O.Pd/c1-20-13-9-5-6-11(14(13)19)10-16-18-15(21)17-12-7-3-2-4-8-12;1-2-4-6-5-3-1;;/h2-10,19H,1H3,(H2,17,18,21);1-5H;1H2;/q;;;+2. The molecule has 9 heteroatoms. The quantitative estimate of drug-likeness (QED) is 0.185. The largest absolute Gasteiger partial charge is 2.00 e. The van der Waals surface area contributed by atoms with E-state index in [1.54, 1.807) is 30.6 Å². The van der Waals surface area contributed by atoms with Gasteiger partial charge in [0.25, 0.3) is 0 Å². The fourth-order valence-corrected chi connectivity index (χ4v) is 2.15. The van der Waals surface area contributed by atoms with Crippen LogP contribution in [0.2, 0.25) is 0 Å². The maximum atomic E-state index is 7.92. The van der Waals surface area contributed by atoms with Gasteiger partial charge in [0.15, 0.2) is 5.11 Å². The van der Waals surface area contributed by atoms with Crippen LogP contribution in [0.3, 0.4) is 0 Å². The van der Waals surface area contributed by atoms with Crippen LogP contribution in [0.1, 0.15) is 5.56 Å². The molecule has 1 aromatic heterocycles. The summed E-state index contributed by atoms with van der Waals surface area (Å²) in [5.41, 5.74) is 4.24. The molecular formula is C20H22N4O3PdS+2. The van der Waals surface area contributed by atoms with Crippen LogP contribution in [0.25, 0.3) is 0 Å². The number of hydrazone groups is 1. The van der Waals surface area contributed by atoms with E-state index in [1.807, 2.05) is 48.5 Å². The van der Waals surface area contributed by atoms with Crippen molar-refractivity contribution in [3.05, 3.63) is 84.7 Å². The zero-order valence-electron chi connectivity index (χ0n) is 15.6. The van der Waals surface area contributed by atoms with E-state index in [2.05, 4.69) is 20.8 Å². The van der Waals surface area contributed by atoms with Crippen LogP contribution in [0, 0.1) is 0 Å². The average Bonchev–Trinajstić information content (AvgIpc) is 2.72. The first kappa shape index (κ1) is 26.2. The Morgan fingerprint density at radius 1 is 1.03 bits per heavy atom. The molecule has 2 aromatic carbocycles. The first-order valence-electron chi connectivity index (χ1n) is 8.09. The van der Waals surface area contributed by atoms with Crippen molar-refractivity contribution in [3.63, 3.8) is 0 Å². The molecule has 0 aliphatic rings. The van der Waals surface area contributed by atoms with E-state index in [4.69, 9.17) is 22.1 Å². The number of benzene rings is 2. The molecule has 3 aromatic rings. The number of nitrogens with zero attached hydrogens (tertiary/aromatic N) is 2. The van der Waals surface area contributed by atoms with E-state index in [0.717, 1.165) is 5.69 Å². The molecule has 1 heterocycles. The fraction of sp³-hybridized carbons (Fsp3) is 0.0500. The number of hydrogen-bond acceptors (Lipinski definition) is 5. The molecule has 0 aliphatic carbocycles. The van der Waals surface area contributed by atoms with Gasteiger partial charge in [-0.1, -0.05) is 30.3 Å². The number of hydrogen-bond donors (Lipinski definition) is 2. The Morgan fingerprint density at radius 3 is 2.24 bits per heavy atom. The van der Waals surface area contributed by atoms with Crippen LogP contribution in [0.5, 0.6) is 11.5 Å². The molecule has 3 rings (SSSR count). The fourth-order valence-electron chi connectivity index (χ4n) is 1.98. The second-order valence-electron chi connectivity index (χ2n) is 5.14. The Hall–Kier alpha value is -2.83. The third kappa shape index (κ3) is 9.78. The molecule has 0 amide bonds. The van der Waals surface area contributed by atoms with Crippen molar-refractivity contribution in [3.8, 4) is 11.5 Å². The molecule has 154 valence electrons.